The topological polar surface area (TPSA) is 98.3 Å². The molecule has 2 rings (SSSR count). The van der Waals surface area contributed by atoms with Crippen molar-refractivity contribution in [2.45, 2.75) is 13.8 Å². The van der Waals surface area contributed by atoms with E-state index < -0.39 is 10.8 Å². The molecule has 7 heteroatoms. The standard InChI is InChI=1S/C12H11N3O4/c1-7-3-4-9(10(5-7)15(17)18)12(16)13-11-6-8(2)14-19-11/h3-6H,1-2H3,(H,13,16). The number of nitrogens with one attached hydrogen (secondary N) is 1. The van der Waals surface area contributed by atoms with Crippen LogP contribution in [0.15, 0.2) is 28.8 Å². The predicted octanol–water partition coefficient (Wildman–Crippen LogP) is 2.45. The van der Waals surface area contributed by atoms with Crippen LogP contribution < -0.4 is 5.32 Å². The Morgan fingerprint density at radius 3 is 2.68 bits per heavy atom. The summed E-state index contributed by atoms with van der Waals surface area (Å²) in [6.07, 6.45) is 0. The van der Waals surface area contributed by atoms with Crippen molar-refractivity contribution in [1.29, 1.82) is 0 Å². The second-order valence-corrected chi connectivity index (χ2v) is 4.06. The number of nitrogens with zero attached hydrogens (tertiary/aromatic N) is 2. The fraction of sp³-hybridized carbons (Fsp3) is 0.167. The quantitative estimate of drug-likeness (QED) is 0.675. The van der Waals surface area contributed by atoms with E-state index in [9.17, 15) is 14.9 Å². The van der Waals surface area contributed by atoms with Gasteiger partial charge in [0.05, 0.1) is 10.6 Å². The molecule has 0 saturated carbocycles. The first-order chi connectivity index (χ1) is 8.97. The number of aryl methyl sites for hydroxylation is 2. The van der Waals surface area contributed by atoms with Gasteiger partial charge in [-0.25, -0.2) is 0 Å². The number of nitro groups is 1. The average Bonchev–Trinajstić information content (AvgIpc) is 2.74. The van der Waals surface area contributed by atoms with E-state index in [-0.39, 0.29) is 17.1 Å². The van der Waals surface area contributed by atoms with Gasteiger partial charge in [-0.15, -0.1) is 0 Å². The third kappa shape index (κ3) is 2.76. The molecule has 0 aliphatic rings. The van der Waals surface area contributed by atoms with Crippen LogP contribution >= 0.6 is 0 Å². The Hall–Kier alpha value is -2.70. The first-order valence-electron chi connectivity index (χ1n) is 5.47. The van der Waals surface area contributed by atoms with Crippen molar-refractivity contribution in [2.24, 2.45) is 0 Å². The molecule has 0 aliphatic heterocycles. The Labute approximate surface area is 108 Å². The molecule has 1 heterocycles. The maximum atomic E-state index is 12.0. The number of rotatable bonds is 3. The summed E-state index contributed by atoms with van der Waals surface area (Å²) in [7, 11) is 0. The molecule has 0 unspecified atom stereocenters. The van der Waals surface area contributed by atoms with E-state index in [0.717, 1.165) is 0 Å². The summed E-state index contributed by atoms with van der Waals surface area (Å²) in [4.78, 5) is 22.3. The van der Waals surface area contributed by atoms with Crippen molar-refractivity contribution in [2.75, 3.05) is 5.32 Å². The van der Waals surface area contributed by atoms with Gasteiger partial charge >= 0.3 is 0 Å². The SMILES string of the molecule is Cc1ccc(C(=O)Nc2cc(C)no2)c([N+](=O)[O-])c1. The van der Waals surface area contributed by atoms with Crippen molar-refractivity contribution >= 4 is 17.5 Å². The highest BCUT2D eigenvalue weighted by Gasteiger charge is 2.21. The summed E-state index contributed by atoms with van der Waals surface area (Å²) in [6.45, 7) is 3.42. The number of hydrogen-bond donors (Lipinski definition) is 1. The zero-order chi connectivity index (χ0) is 14.0. The molecular weight excluding hydrogens is 250 g/mol. The van der Waals surface area contributed by atoms with Crippen molar-refractivity contribution in [1.82, 2.24) is 5.16 Å². The van der Waals surface area contributed by atoms with E-state index in [0.29, 0.717) is 11.3 Å². The minimum absolute atomic E-state index is 0.0235. The van der Waals surface area contributed by atoms with Crippen molar-refractivity contribution in [3.8, 4) is 0 Å². The number of carbonyl (C=O) groups is 1. The molecule has 0 spiro atoms. The molecule has 0 atom stereocenters. The molecule has 2 aromatic rings. The van der Waals surface area contributed by atoms with Gasteiger partial charge in [0.15, 0.2) is 0 Å². The van der Waals surface area contributed by atoms with Gasteiger partial charge in [-0.3, -0.25) is 20.2 Å². The van der Waals surface area contributed by atoms with Crippen molar-refractivity contribution < 1.29 is 14.2 Å². The number of amides is 1. The van der Waals surface area contributed by atoms with E-state index in [4.69, 9.17) is 4.52 Å². The van der Waals surface area contributed by atoms with Gasteiger partial charge in [0.25, 0.3) is 11.6 Å². The smallest absolute Gasteiger partial charge is 0.282 e. The van der Waals surface area contributed by atoms with E-state index in [1.807, 2.05) is 0 Å². The Kier molecular flexibility index (Phi) is 3.28. The second-order valence-electron chi connectivity index (χ2n) is 4.06. The van der Waals surface area contributed by atoms with Crippen molar-refractivity contribution in [3.05, 3.63) is 51.2 Å². The van der Waals surface area contributed by atoms with E-state index in [1.54, 1.807) is 19.9 Å². The molecule has 0 bridgehead atoms. The normalized spacial score (nSPS) is 10.2. The Balaban J connectivity index is 2.31. The highest BCUT2D eigenvalue weighted by molar-refractivity contribution is 6.06. The number of anilines is 1. The molecule has 7 nitrogen and oxygen atoms in total. The number of aromatic nitrogens is 1. The van der Waals surface area contributed by atoms with Gasteiger partial charge in [0.2, 0.25) is 5.88 Å². The zero-order valence-corrected chi connectivity index (χ0v) is 10.3. The summed E-state index contributed by atoms with van der Waals surface area (Å²) < 4.78 is 4.83. The van der Waals surface area contributed by atoms with Crippen LogP contribution in [0.5, 0.6) is 0 Å². The molecule has 19 heavy (non-hydrogen) atoms. The molecule has 1 aromatic heterocycles. The molecule has 0 saturated heterocycles. The lowest BCUT2D eigenvalue weighted by atomic mass is 10.1. The minimum Gasteiger partial charge on any atom is -0.338 e. The molecule has 1 aromatic carbocycles. The van der Waals surface area contributed by atoms with Crippen LogP contribution in [-0.2, 0) is 0 Å². The number of nitro benzene ring substituents is 1. The van der Waals surface area contributed by atoms with Gasteiger partial charge in [-0.05, 0) is 25.5 Å². The largest absolute Gasteiger partial charge is 0.338 e. The molecule has 0 aliphatic carbocycles. The Morgan fingerprint density at radius 1 is 1.37 bits per heavy atom. The predicted molar refractivity (Wildman–Crippen MR) is 67.0 cm³/mol. The first-order valence-corrected chi connectivity index (χ1v) is 5.47. The fourth-order valence-electron chi connectivity index (χ4n) is 1.59. The van der Waals surface area contributed by atoms with E-state index >= 15 is 0 Å². The zero-order valence-electron chi connectivity index (χ0n) is 10.3. The number of carbonyl (C=O) groups excluding carboxylic acids is 1. The highest BCUT2D eigenvalue weighted by Crippen LogP contribution is 2.21. The van der Waals surface area contributed by atoms with Crippen LogP contribution in [0.4, 0.5) is 11.6 Å². The molecule has 1 N–H and O–H groups in total. The number of benzene rings is 1. The van der Waals surface area contributed by atoms with Crippen LogP contribution in [0, 0.1) is 24.0 Å². The first kappa shape index (κ1) is 12.7. The lowest BCUT2D eigenvalue weighted by Crippen LogP contribution is -2.13. The van der Waals surface area contributed by atoms with Gasteiger partial charge < -0.3 is 4.52 Å². The second kappa shape index (κ2) is 4.89. The van der Waals surface area contributed by atoms with Gasteiger partial charge in [0, 0.05) is 12.1 Å². The molecule has 0 radical (unpaired) electrons. The van der Waals surface area contributed by atoms with Crippen LogP contribution in [0.1, 0.15) is 21.6 Å². The minimum atomic E-state index is -0.608. The summed E-state index contributed by atoms with van der Waals surface area (Å²) in [5, 5.41) is 17.0. The lowest BCUT2D eigenvalue weighted by Gasteiger charge is -2.03. The average molecular weight is 261 g/mol. The van der Waals surface area contributed by atoms with E-state index in [1.165, 1.54) is 18.2 Å². The molecule has 0 fully saturated rings. The lowest BCUT2D eigenvalue weighted by molar-refractivity contribution is -0.385. The van der Waals surface area contributed by atoms with Crippen LogP contribution in [0.2, 0.25) is 0 Å². The third-order valence-electron chi connectivity index (χ3n) is 2.46. The van der Waals surface area contributed by atoms with Gasteiger partial charge in [-0.2, -0.15) is 0 Å². The van der Waals surface area contributed by atoms with Gasteiger partial charge in [0.1, 0.15) is 5.56 Å². The Morgan fingerprint density at radius 2 is 2.11 bits per heavy atom. The maximum absolute atomic E-state index is 12.0. The summed E-state index contributed by atoms with van der Waals surface area (Å²) in [5.74, 6) is -0.458. The molecule has 1 amide bonds. The fourth-order valence-corrected chi connectivity index (χ4v) is 1.59. The maximum Gasteiger partial charge on any atom is 0.282 e. The van der Waals surface area contributed by atoms with Crippen LogP contribution in [0.3, 0.4) is 0 Å². The molecule has 98 valence electrons. The molecular formula is C12H11N3O4. The monoisotopic (exact) mass is 261 g/mol. The van der Waals surface area contributed by atoms with Crippen LogP contribution in [0.25, 0.3) is 0 Å². The summed E-state index contributed by atoms with van der Waals surface area (Å²) in [6, 6.07) is 5.91. The Bertz CT molecular complexity index is 648. The van der Waals surface area contributed by atoms with E-state index in [2.05, 4.69) is 10.5 Å². The third-order valence-corrected chi connectivity index (χ3v) is 2.46. The van der Waals surface area contributed by atoms with Crippen molar-refractivity contribution in [3.63, 3.8) is 0 Å². The summed E-state index contributed by atoms with van der Waals surface area (Å²) >= 11 is 0. The number of hydrogen-bond acceptors (Lipinski definition) is 5. The summed E-state index contributed by atoms with van der Waals surface area (Å²) in [5.41, 5.74) is 1.05. The van der Waals surface area contributed by atoms with Crippen LogP contribution in [-0.4, -0.2) is 16.0 Å². The highest BCUT2D eigenvalue weighted by atomic mass is 16.6. The van der Waals surface area contributed by atoms with Gasteiger partial charge in [-0.1, -0.05) is 11.2 Å².